The number of morpholine rings is 1. The quantitative estimate of drug-likeness (QED) is 0.574. The molecule has 1 aliphatic heterocycles. The molecule has 2 aromatic carbocycles. The second kappa shape index (κ2) is 11.7. The lowest BCUT2D eigenvalue weighted by atomic mass is 10.1. The van der Waals surface area contributed by atoms with Crippen LogP contribution in [0.2, 0.25) is 0 Å². The summed E-state index contributed by atoms with van der Waals surface area (Å²) in [6.07, 6.45) is 0.908. The van der Waals surface area contributed by atoms with Gasteiger partial charge in [0.15, 0.2) is 0 Å². The highest BCUT2D eigenvalue weighted by molar-refractivity contribution is 7.89. The molecule has 0 spiro atoms. The molecular weight excluding hydrogens is 438 g/mol. The molecule has 0 atom stereocenters. The largest absolute Gasteiger partial charge is 0.379 e. The number of ether oxygens (including phenoxy) is 1. The molecule has 0 aliphatic carbocycles. The summed E-state index contributed by atoms with van der Waals surface area (Å²) in [4.78, 5) is 15.0. The molecule has 0 unspecified atom stereocenters. The Labute approximate surface area is 197 Å². The Kier molecular flexibility index (Phi) is 9.02. The molecule has 1 fully saturated rings. The first kappa shape index (κ1) is 25.4. The molecule has 0 saturated carbocycles. The average molecular weight is 474 g/mol. The lowest BCUT2D eigenvalue weighted by Crippen LogP contribution is -2.40. The first-order valence-corrected chi connectivity index (χ1v) is 12.9. The smallest absolute Gasteiger partial charge is 0.243 e. The molecule has 0 aromatic heterocycles. The van der Waals surface area contributed by atoms with Gasteiger partial charge >= 0.3 is 0 Å². The number of aryl methyl sites for hydroxylation is 1. The summed E-state index contributed by atoms with van der Waals surface area (Å²) in [5.74, 6) is -0.0213. The summed E-state index contributed by atoms with van der Waals surface area (Å²) in [6, 6.07) is 15.5. The molecule has 2 aromatic rings. The van der Waals surface area contributed by atoms with E-state index in [0.29, 0.717) is 51.7 Å². The van der Waals surface area contributed by atoms with Gasteiger partial charge in [0.1, 0.15) is 0 Å². The van der Waals surface area contributed by atoms with Crippen molar-refractivity contribution in [1.29, 1.82) is 0 Å². The van der Waals surface area contributed by atoms with Gasteiger partial charge in [0.2, 0.25) is 15.9 Å². The zero-order valence-corrected chi connectivity index (χ0v) is 20.6. The van der Waals surface area contributed by atoms with Crippen LogP contribution >= 0.6 is 0 Å². The first-order valence-electron chi connectivity index (χ1n) is 11.5. The fraction of sp³-hybridized carbons (Fsp3) is 0.480. The van der Waals surface area contributed by atoms with E-state index in [1.165, 1.54) is 9.87 Å². The molecule has 33 heavy (non-hydrogen) atoms. The molecular formula is C25H35N3O4S. The van der Waals surface area contributed by atoms with Crippen LogP contribution in [0, 0.1) is 0 Å². The second-order valence-electron chi connectivity index (χ2n) is 8.71. The van der Waals surface area contributed by atoms with E-state index in [0.717, 1.165) is 17.7 Å². The third-order valence-electron chi connectivity index (χ3n) is 6.07. The molecule has 1 aliphatic rings. The van der Waals surface area contributed by atoms with Gasteiger partial charge < -0.3 is 10.1 Å². The van der Waals surface area contributed by atoms with Gasteiger partial charge in [-0.1, -0.05) is 36.4 Å². The number of amides is 1. The Morgan fingerprint density at radius 2 is 1.70 bits per heavy atom. The normalized spacial score (nSPS) is 15.2. The van der Waals surface area contributed by atoms with Crippen LogP contribution in [-0.4, -0.2) is 62.9 Å². The number of hydrogen-bond acceptors (Lipinski definition) is 5. The van der Waals surface area contributed by atoms with Gasteiger partial charge in [-0.2, -0.15) is 4.31 Å². The minimum absolute atomic E-state index is 0.0213. The third kappa shape index (κ3) is 7.11. The van der Waals surface area contributed by atoms with Gasteiger partial charge in [-0.3, -0.25) is 9.69 Å². The maximum atomic E-state index is 12.7. The summed E-state index contributed by atoms with van der Waals surface area (Å²) in [7, 11) is -1.40. The summed E-state index contributed by atoms with van der Waals surface area (Å²) in [6.45, 7) is 7.25. The summed E-state index contributed by atoms with van der Waals surface area (Å²) < 4.78 is 32.1. The van der Waals surface area contributed by atoms with Crippen LogP contribution in [0.5, 0.6) is 0 Å². The Morgan fingerprint density at radius 3 is 2.33 bits per heavy atom. The van der Waals surface area contributed by atoms with Crippen molar-refractivity contribution in [1.82, 2.24) is 14.5 Å². The predicted molar refractivity (Wildman–Crippen MR) is 129 cm³/mol. The number of sulfonamides is 1. The number of hydrogen-bond donors (Lipinski definition) is 1. The van der Waals surface area contributed by atoms with E-state index >= 15 is 0 Å². The van der Waals surface area contributed by atoms with E-state index in [9.17, 15) is 13.2 Å². The second-order valence-corrected chi connectivity index (χ2v) is 10.7. The topological polar surface area (TPSA) is 79.0 Å². The number of benzene rings is 2. The Hall–Kier alpha value is -2.26. The summed E-state index contributed by atoms with van der Waals surface area (Å²) in [5, 5.41) is 3.02. The van der Waals surface area contributed by atoms with Crippen molar-refractivity contribution >= 4 is 15.9 Å². The van der Waals surface area contributed by atoms with Crippen molar-refractivity contribution in [3.63, 3.8) is 0 Å². The van der Waals surface area contributed by atoms with E-state index in [-0.39, 0.29) is 10.8 Å². The molecule has 0 bridgehead atoms. The van der Waals surface area contributed by atoms with E-state index in [1.54, 1.807) is 24.3 Å². The standard InChI is InChI=1S/C25H35N3O4S/c1-20(2)27(3)19-23-7-5-4-6-22(23)18-26-25(29)13-10-21-8-11-24(12-9-21)33(30,31)28-14-16-32-17-15-28/h4-9,11-12,20H,10,13-19H2,1-3H3,(H,26,29). The fourth-order valence-corrected chi connectivity index (χ4v) is 5.05. The third-order valence-corrected chi connectivity index (χ3v) is 7.98. The van der Waals surface area contributed by atoms with Crippen molar-refractivity contribution in [2.75, 3.05) is 33.4 Å². The van der Waals surface area contributed by atoms with Gasteiger partial charge in [-0.05, 0) is 56.1 Å². The minimum Gasteiger partial charge on any atom is -0.379 e. The van der Waals surface area contributed by atoms with Crippen LogP contribution in [0.25, 0.3) is 0 Å². The van der Waals surface area contributed by atoms with Crippen LogP contribution in [0.1, 0.15) is 37.0 Å². The highest BCUT2D eigenvalue weighted by Gasteiger charge is 2.26. The molecule has 3 rings (SSSR count). The van der Waals surface area contributed by atoms with E-state index in [4.69, 9.17) is 4.74 Å². The van der Waals surface area contributed by atoms with Crippen molar-refractivity contribution in [2.45, 2.75) is 50.7 Å². The average Bonchev–Trinajstić information content (AvgIpc) is 2.83. The van der Waals surface area contributed by atoms with Crippen LogP contribution in [0.4, 0.5) is 0 Å². The fourth-order valence-electron chi connectivity index (χ4n) is 3.64. The molecule has 180 valence electrons. The molecule has 1 heterocycles. The molecule has 0 radical (unpaired) electrons. The molecule has 1 saturated heterocycles. The zero-order valence-electron chi connectivity index (χ0n) is 19.8. The van der Waals surface area contributed by atoms with Crippen LogP contribution < -0.4 is 5.32 Å². The number of nitrogens with one attached hydrogen (secondary N) is 1. The lowest BCUT2D eigenvalue weighted by Gasteiger charge is -2.26. The number of nitrogens with zero attached hydrogens (tertiary/aromatic N) is 2. The van der Waals surface area contributed by atoms with Crippen molar-refractivity contribution in [3.8, 4) is 0 Å². The van der Waals surface area contributed by atoms with Crippen LogP contribution in [0.15, 0.2) is 53.4 Å². The highest BCUT2D eigenvalue weighted by Crippen LogP contribution is 2.18. The Bertz CT molecular complexity index is 1020. The van der Waals surface area contributed by atoms with Gasteiger partial charge in [-0.25, -0.2) is 8.42 Å². The zero-order chi connectivity index (χ0) is 23.8. The maximum absolute atomic E-state index is 12.7. The van der Waals surface area contributed by atoms with Crippen molar-refractivity contribution in [3.05, 3.63) is 65.2 Å². The summed E-state index contributed by atoms with van der Waals surface area (Å²) in [5.41, 5.74) is 3.27. The minimum atomic E-state index is -3.50. The van der Waals surface area contributed by atoms with Crippen LogP contribution in [0.3, 0.4) is 0 Å². The monoisotopic (exact) mass is 473 g/mol. The molecule has 8 heteroatoms. The van der Waals surface area contributed by atoms with Crippen molar-refractivity contribution < 1.29 is 17.9 Å². The van der Waals surface area contributed by atoms with E-state index in [2.05, 4.69) is 43.2 Å². The van der Waals surface area contributed by atoms with Crippen LogP contribution in [-0.2, 0) is 39.1 Å². The molecule has 7 nitrogen and oxygen atoms in total. The van der Waals surface area contributed by atoms with Gasteiger partial charge in [0.25, 0.3) is 0 Å². The first-order chi connectivity index (χ1) is 15.8. The number of carbonyl (C=O) groups is 1. The van der Waals surface area contributed by atoms with E-state index in [1.807, 2.05) is 12.1 Å². The SMILES string of the molecule is CC(C)N(C)Cc1ccccc1CNC(=O)CCc1ccc(S(=O)(=O)N2CCOCC2)cc1. The maximum Gasteiger partial charge on any atom is 0.243 e. The number of carbonyl (C=O) groups excluding carboxylic acids is 1. The molecule has 1 N–H and O–H groups in total. The van der Waals surface area contributed by atoms with Gasteiger partial charge in [0.05, 0.1) is 18.1 Å². The van der Waals surface area contributed by atoms with Crippen molar-refractivity contribution in [2.24, 2.45) is 0 Å². The highest BCUT2D eigenvalue weighted by atomic mass is 32.2. The Balaban J connectivity index is 1.51. The Morgan fingerprint density at radius 1 is 1.06 bits per heavy atom. The predicted octanol–water partition coefficient (Wildman–Crippen LogP) is 2.80. The van der Waals surface area contributed by atoms with Gasteiger partial charge in [-0.15, -0.1) is 0 Å². The van der Waals surface area contributed by atoms with Gasteiger partial charge in [0, 0.05) is 38.6 Å². The number of rotatable bonds is 10. The molecule has 1 amide bonds. The lowest BCUT2D eigenvalue weighted by molar-refractivity contribution is -0.121. The van der Waals surface area contributed by atoms with E-state index < -0.39 is 10.0 Å². The summed E-state index contributed by atoms with van der Waals surface area (Å²) >= 11 is 0.